The van der Waals surface area contributed by atoms with Crippen LogP contribution >= 0.6 is 0 Å². The van der Waals surface area contributed by atoms with Gasteiger partial charge in [-0.3, -0.25) is 4.79 Å². The summed E-state index contributed by atoms with van der Waals surface area (Å²) < 4.78 is 0. The lowest BCUT2D eigenvalue weighted by Crippen LogP contribution is -2.24. The highest BCUT2D eigenvalue weighted by molar-refractivity contribution is 5.66. The molecule has 1 aliphatic rings. The maximum absolute atomic E-state index is 10.5. The monoisotopic (exact) mass is 368 g/mol. The fourth-order valence-electron chi connectivity index (χ4n) is 3.58. The first-order valence-electron chi connectivity index (χ1n) is 9.91. The highest BCUT2D eigenvalue weighted by Gasteiger charge is 2.39. The van der Waals surface area contributed by atoms with Crippen LogP contribution in [0.25, 0.3) is 0 Å². The van der Waals surface area contributed by atoms with Crippen LogP contribution in [0.5, 0.6) is 0 Å². The summed E-state index contributed by atoms with van der Waals surface area (Å²) in [7, 11) is 0. The maximum atomic E-state index is 10.5. The Hall–Kier alpha value is -1.17. The highest BCUT2D eigenvalue weighted by Crippen LogP contribution is 2.37. The Morgan fingerprint density at radius 3 is 2.54 bits per heavy atom. The van der Waals surface area contributed by atoms with Crippen molar-refractivity contribution in [1.29, 1.82) is 0 Å². The first-order valence-corrected chi connectivity index (χ1v) is 9.91. The van der Waals surface area contributed by atoms with Gasteiger partial charge in [-0.2, -0.15) is 0 Å². The molecule has 26 heavy (non-hydrogen) atoms. The minimum Gasteiger partial charge on any atom is -0.481 e. The van der Waals surface area contributed by atoms with E-state index >= 15 is 0 Å². The third-order valence-electron chi connectivity index (χ3n) is 5.22. The Kier molecular flexibility index (Phi) is 10.1. The first kappa shape index (κ1) is 22.9. The molecule has 0 heterocycles. The molecular formula is C21H36O5. The number of allylic oxidation sites excluding steroid dienone is 2. The van der Waals surface area contributed by atoms with E-state index in [1.54, 1.807) is 13.0 Å². The number of aliphatic carboxylic acids is 1. The molecule has 0 aromatic carbocycles. The number of rotatable bonds is 12. The highest BCUT2D eigenvalue weighted by atomic mass is 16.4. The van der Waals surface area contributed by atoms with E-state index in [-0.39, 0.29) is 18.3 Å². The van der Waals surface area contributed by atoms with Crippen LogP contribution in [0.1, 0.15) is 71.6 Å². The van der Waals surface area contributed by atoms with Gasteiger partial charge in [0.2, 0.25) is 0 Å². The van der Waals surface area contributed by atoms with E-state index in [0.717, 1.165) is 19.3 Å². The van der Waals surface area contributed by atoms with E-state index in [9.17, 15) is 20.1 Å². The quantitative estimate of drug-likeness (QED) is 0.312. The Morgan fingerprint density at radius 2 is 1.88 bits per heavy atom. The summed E-state index contributed by atoms with van der Waals surface area (Å²) in [5, 5.41) is 39.6. The first-order chi connectivity index (χ1) is 12.3. The second kappa shape index (κ2) is 11.5. The van der Waals surface area contributed by atoms with Crippen LogP contribution in [0.2, 0.25) is 0 Å². The lowest BCUT2D eigenvalue weighted by Gasteiger charge is -2.23. The fraction of sp³-hybridized carbons (Fsp3) is 0.762. The van der Waals surface area contributed by atoms with Gasteiger partial charge in [-0.15, -0.1) is 0 Å². The zero-order valence-electron chi connectivity index (χ0n) is 16.2. The Labute approximate surface area is 157 Å². The number of carboxylic acid groups (broad SMARTS) is 1. The van der Waals surface area contributed by atoms with Crippen molar-refractivity contribution in [2.75, 3.05) is 0 Å². The normalized spacial score (nSPS) is 28.8. The molecule has 1 aliphatic carbocycles. The van der Waals surface area contributed by atoms with E-state index in [1.165, 1.54) is 0 Å². The molecule has 5 atom stereocenters. The second-order valence-electron chi connectivity index (χ2n) is 7.78. The standard InChI is InChI=1S/C21H36O5/c1-3-4-9-13-21(2,26)14-12-17-16(18(22)15-19(17)23)10-7-5-6-8-11-20(24)25/h5,7,12,14,16-19,22-23,26H,3-4,6,8-11,13,15H2,1-2H3,(H,24,25)/b7-5+,14-12-/t16-,17+,18+,19-,21-/m0/s1. The maximum Gasteiger partial charge on any atom is 0.303 e. The molecule has 5 nitrogen and oxygen atoms in total. The molecule has 0 radical (unpaired) electrons. The number of unbranched alkanes of at least 4 members (excludes halogenated alkanes) is 3. The summed E-state index contributed by atoms with van der Waals surface area (Å²) in [4.78, 5) is 10.5. The predicted octanol–water partition coefficient (Wildman–Crippen LogP) is 3.43. The van der Waals surface area contributed by atoms with Crippen molar-refractivity contribution >= 4 is 5.97 Å². The van der Waals surface area contributed by atoms with Crippen LogP contribution in [0.3, 0.4) is 0 Å². The molecule has 150 valence electrons. The predicted molar refractivity (Wildman–Crippen MR) is 103 cm³/mol. The van der Waals surface area contributed by atoms with E-state index in [0.29, 0.717) is 32.1 Å². The second-order valence-corrected chi connectivity index (χ2v) is 7.78. The molecule has 1 fully saturated rings. The summed E-state index contributed by atoms with van der Waals surface area (Å²) in [5.41, 5.74) is -0.889. The van der Waals surface area contributed by atoms with Crippen LogP contribution in [0.4, 0.5) is 0 Å². The van der Waals surface area contributed by atoms with Gasteiger partial charge in [0.15, 0.2) is 0 Å². The van der Waals surface area contributed by atoms with Gasteiger partial charge < -0.3 is 20.4 Å². The van der Waals surface area contributed by atoms with Crippen molar-refractivity contribution in [3.8, 4) is 0 Å². The molecule has 0 bridgehead atoms. The van der Waals surface area contributed by atoms with Crippen LogP contribution in [-0.4, -0.2) is 44.2 Å². The number of aliphatic hydroxyl groups is 3. The average molecular weight is 369 g/mol. The van der Waals surface area contributed by atoms with Gasteiger partial charge in [0.25, 0.3) is 0 Å². The lowest BCUT2D eigenvalue weighted by atomic mass is 9.88. The summed E-state index contributed by atoms with van der Waals surface area (Å²) in [6.07, 6.45) is 12.7. The smallest absolute Gasteiger partial charge is 0.303 e. The number of hydrogen-bond acceptors (Lipinski definition) is 4. The Morgan fingerprint density at radius 1 is 1.15 bits per heavy atom. The Bertz CT molecular complexity index is 469. The van der Waals surface area contributed by atoms with Gasteiger partial charge in [-0.05, 0) is 38.5 Å². The van der Waals surface area contributed by atoms with Gasteiger partial charge in [0.1, 0.15) is 0 Å². The average Bonchev–Trinajstić information content (AvgIpc) is 2.82. The van der Waals surface area contributed by atoms with Crippen molar-refractivity contribution < 1.29 is 25.2 Å². The number of carboxylic acids is 1. The zero-order valence-corrected chi connectivity index (χ0v) is 16.2. The molecule has 0 aliphatic heterocycles. The number of carbonyl (C=O) groups is 1. The molecule has 0 aromatic rings. The molecule has 0 unspecified atom stereocenters. The SMILES string of the molecule is CCCCC[C@](C)(O)/C=C\[C@@H]1[C@H](C/C=C/CCCC(=O)O)[C@H](O)C[C@@H]1O. The van der Waals surface area contributed by atoms with E-state index in [4.69, 9.17) is 5.11 Å². The molecule has 1 rings (SSSR count). The van der Waals surface area contributed by atoms with Crippen molar-refractivity contribution in [3.05, 3.63) is 24.3 Å². The fourth-order valence-corrected chi connectivity index (χ4v) is 3.58. The molecule has 0 spiro atoms. The van der Waals surface area contributed by atoms with E-state index in [2.05, 4.69) is 6.92 Å². The summed E-state index contributed by atoms with van der Waals surface area (Å²) >= 11 is 0. The molecule has 4 N–H and O–H groups in total. The molecular weight excluding hydrogens is 332 g/mol. The molecule has 0 amide bonds. The molecule has 0 aromatic heterocycles. The zero-order chi connectivity index (χ0) is 19.6. The largest absolute Gasteiger partial charge is 0.481 e. The van der Waals surface area contributed by atoms with Crippen LogP contribution in [0, 0.1) is 11.8 Å². The third-order valence-corrected chi connectivity index (χ3v) is 5.22. The summed E-state index contributed by atoms with van der Waals surface area (Å²) in [6.45, 7) is 3.91. The third kappa shape index (κ3) is 8.47. The Balaban J connectivity index is 2.56. The number of aliphatic hydroxyl groups excluding tert-OH is 2. The minimum absolute atomic E-state index is 0.0802. The summed E-state index contributed by atoms with van der Waals surface area (Å²) in [6, 6.07) is 0. The van der Waals surface area contributed by atoms with Crippen LogP contribution in [0.15, 0.2) is 24.3 Å². The topological polar surface area (TPSA) is 98.0 Å². The summed E-state index contributed by atoms with van der Waals surface area (Å²) in [5.74, 6) is -1.04. The van der Waals surface area contributed by atoms with Gasteiger partial charge in [0.05, 0.1) is 17.8 Å². The lowest BCUT2D eigenvalue weighted by molar-refractivity contribution is -0.137. The van der Waals surface area contributed by atoms with Gasteiger partial charge in [-0.1, -0.05) is 50.5 Å². The minimum atomic E-state index is -0.889. The van der Waals surface area contributed by atoms with Gasteiger partial charge in [-0.25, -0.2) is 0 Å². The van der Waals surface area contributed by atoms with Crippen molar-refractivity contribution in [2.45, 2.75) is 89.4 Å². The number of hydrogen-bond donors (Lipinski definition) is 4. The van der Waals surface area contributed by atoms with Crippen LogP contribution < -0.4 is 0 Å². The molecule has 0 saturated heterocycles. The van der Waals surface area contributed by atoms with Gasteiger partial charge in [0, 0.05) is 18.8 Å². The van der Waals surface area contributed by atoms with Gasteiger partial charge >= 0.3 is 5.97 Å². The van der Waals surface area contributed by atoms with Crippen molar-refractivity contribution in [1.82, 2.24) is 0 Å². The molecule has 1 saturated carbocycles. The van der Waals surface area contributed by atoms with Crippen molar-refractivity contribution in [3.63, 3.8) is 0 Å². The molecule has 5 heteroatoms. The van der Waals surface area contributed by atoms with E-state index < -0.39 is 23.8 Å². The van der Waals surface area contributed by atoms with E-state index in [1.807, 2.05) is 18.2 Å². The van der Waals surface area contributed by atoms with Crippen LogP contribution in [-0.2, 0) is 4.79 Å². The van der Waals surface area contributed by atoms with Crippen molar-refractivity contribution in [2.24, 2.45) is 11.8 Å².